The van der Waals surface area contributed by atoms with Crippen LogP contribution in [0.3, 0.4) is 0 Å². The van der Waals surface area contributed by atoms with E-state index in [1.54, 1.807) is 7.11 Å². The number of carboxylic acid groups (broad SMARTS) is 1. The van der Waals surface area contributed by atoms with Gasteiger partial charge in [-0.15, -0.1) is 0 Å². The first kappa shape index (κ1) is 31.0. The Morgan fingerprint density at radius 1 is 0.953 bits per heavy atom. The van der Waals surface area contributed by atoms with Crippen molar-refractivity contribution in [2.24, 2.45) is 10.8 Å². The molecule has 0 amide bonds. The van der Waals surface area contributed by atoms with Crippen molar-refractivity contribution >= 4 is 33.5 Å². The molecule has 1 heterocycles. The number of methoxy groups -OCH3 is 1. The third-order valence-electron chi connectivity index (χ3n) is 8.66. The molecule has 0 atom stereocenters. The average molecular weight is 651 g/mol. The van der Waals surface area contributed by atoms with Crippen molar-refractivity contribution in [2.75, 3.05) is 13.7 Å². The van der Waals surface area contributed by atoms with Crippen LogP contribution in [0.25, 0.3) is 0 Å². The molecule has 2 aromatic carbocycles. The molecular weight excluding hydrogens is 610 g/mol. The summed E-state index contributed by atoms with van der Waals surface area (Å²) in [4.78, 5) is 41.7. The van der Waals surface area contributed by atoms with Crippen LogP contribution in [0, 0.1) is 17.8 Å². The van der Waals surface area contributed by atoms with Crippen LogP contribution < -0.4 is 9.47 Å². The molecule has 3 aliphatic rings. The zero-order valence-electron chi connectivity index (χ0n) is 25.8. The lowest BCUT2D eigenvalue weighted by Crippen LogP contribution is -2.45. The lowest BCUT2D eigenvalue weighted by molar-refractivity contribution is -0.137. The lowest BCUT2D eigenvalue weighted by Gasteiger charge is -2.49. The third-order valence-corrected chi connectivity index (χ3v) is 9.25. The monoisotopic (exact) mass is 649 g/mol. The second kappa shape index (κ2) is 11.6. The summed E-state index contributed by atoms with van der Waals surface area (Å²) in [6.45, 7) is 10.9. The van der Waals surface area contributed by atoms with E-state index < -0.39 is 11.9 Å². The predicted molar refractivity (Wildman–Crippen MR) is 168 cm³/mol. The summed E-state index contributed by atoms with van der Waals surface area (Å²) in [5.41, 5.74) is 5.25. The number of benzene rings is 2. The topological polar surface area (TPSA) is 93.1 Å². The van der Waals surface area contributed by atoms with E-state index in [1.165, 1.54) is 5.56 Å². The Kier molecular flexibility index (Phi) is 8.38. The minimum Gasteiger partial charge on any atom is -0.493 e. The molecule has 228 valence electrons. The fraction of sp³-hybridized carbons (Fsp3) is 0.457. The van der Waals surface area contributed by atoms with Gasteiger partial charge in [-0.1, -0.05) is 57.5 Å². The van der Waals surface area contributed by atoms with Gasteiger partial charge in [-0.25, -0.2) is 0 Å². The number of allylic oxidation sites excluding steroid dienone is 4. The summed E-state index contributed by atoms with van der Waals surface area (Å²) in [6, 6.07) is 11.9. The number of ketones is 2. The largest absolute Gasteiger partial charge is 0.493 e. The quantitative estimate of drug-likeness (QED) is 0.316. The van der Waals surface area contributed by atoms with Crippen molar-refractivity contribution in [3.63, 3.8) is 0 Å². The van der Waals surface area contributed by atoms with E-state index in [9.17, 15) is 19.5 Å². The molecule has 0 saturated heterocycles. The van der Waals surface area contributed by atoms with Crippen molar-refractivity contribution in [3.8, 4) is 11.5 Å². The van der Waals surface area contributed by atoms with Gasteiger partial charge in [0.15, 0.2) is 23.1 Å². The molecule has 0 saturated carbocycles. The molecule has 0 spiro atoms. The van der Waals surface area contributed by atoms with E-state index in [0.717, 1.165) is 22.5 Å². The summed E-state index contributed by atoms with van der Waals surface area (Å²) >= 11 is 3.70. The highest BCUT2D eigenvalue weighted by atomic mass is 79.9. The number of hydrogen-bond donors (Lipinski definition) is 1. The van der Waals surface area contributed by atoms with Gasteiger partial charge >= 0.3 is 5.97 Å². The van der Waals surface area contributed by atoms with Gasteiger partial charge in [-0.05, 0) is 69.8 Å². The molecule has 43 heavy (non-hydrogen) atoms. The van der Waals surface area contributed by atoms with Crippen molar-refractivity contribution in [3.05, 3.63) is 80.1 Å². The van der Waals surface area contributed by atoms with Gasteiger partial charge in [0.2, 0.25) is 0 Å². The molecule has 5 rings (SSSR count). The van der Waals surface area contributed by atoms with Crippen LogP contribution in [0.1, 0.15) is 82.4 Å². The second-order valence-corrected chi connectivity index (χ2v) is 14.5. The van der Waals surface area contributed by atoms with Crippen LogP contribution >= 0.6 is 15.9 Å². The van der Waals surface area contributed by atoms with E-state index in [4.69, 9.17) is 9.47 Å². The summed E-state index contributed by atoms with van der Waals surface area (Å²) in [5, 5.41) is 9.59. The second-order valence-electron chi connectivity index (χ2n) is 13.6. The fourth-order valence-electron chi connectivity index (χ4n) is 6.74. The standard InChI is InChI=1S/C35H40BrNO6/c1-20-7-9-21(10-8-20)19-43-33-23(36)13-22(14-28(33)42-6)30-31-24(15-34(2,3)17-26(31)38)37(12-11-29(40)41)25-16-35(4,5)18-27(39)32(25)30/h7-10,13-14,30H,11-12,15-19H2,1-6H3,(H,40,41). The first-order valence-corrected chi connectivity index (χ1v) is 15.6. The zero-order valence-corrected chi connectivity index (χ0v) is 27.4. The van der Waals surface area contributed by atoms with Crippen molar-refractivity contribution < 1.29 is 29.0 Å². The number of halogens is 1. The first-order valence-electron chi connectivity index (χ1n) is 14.8. The van der Waals surface area contributed by atoms with Gasteiger partial charge in [0.05, 0.1) is 18.0 Å². The number of hydrogen-bond acceptors (Lipinski definition) is 6. The highest BCUT2D eigenvalue weighted by Gasteiger charge is 2.49. The molecule has 8 heteroatoms. The predicted octanol–water partition coefficient (Wildman–Crippen LogP) is 7.51. The molecule has 0 unspecified atom stereocenters. The van der Waals surface area contributed by atoms with Crippen LogP contribution in [0.15, 0.2) is 63.4 Å². The number of carbonyl (C=O) groups is 3. The van der Waals surface area contributed by atoms with Crippen molar-refractivity contribution in [1.29, 1.82) is 0 Å². The Hall–Kier alpha value is -3.39. The van der Waals surface area contributed by atoms with Gasteiger partial charge in [0.1, 0.15) is 6.61 Å². The number of Topliss-reactive ketones (excluding diaryl/α,β-unsaturated/α-hetero) is 2. The summed E-state index contributed by atoms with van der Waals surface area (Å²) in [7, 11) is 1.58. The fourth-order valence-corrected chi connectivity index (χ4v) is 7.32. The van der Waals surface area contributed by atoms with Crippen LogP contribution in [-0.2, 0) is 21.0 Å². The SMILES string of the molecule is COc1cc(C2C3=C(CC(C)(C)CC3=O)N(CCC(=O)O)C3=C2C(=O)CC(C)(C)C3)cc(Br)c1OCc1ccc(C)cc1. The smallest absolute Gasteiger partial charge is 0.305 e. The lowest BCUT2D eigenvalue weighted by atomic mass is 9.63. The van der Waals surface area contributed by atoms with E-state index >= 15 is 0 Å². The Labute approximate surface area is 262 Å². The first-order chi connectivity index (χ1) is 20.2. The third kappa shape index (κ3) is 6.30. The summed E-state index contributed by atoms with van der Waals surface area (Å²) in [5.74, 6) is -0.451. The Bertz CT molecular complexity index is 1490. The normalized spacial score (nSPS) is 19.7. The zero-order chi connectivity index (χ0) is 31.3. The Balaban J connectivity index is 1.65. The van der Waals surface area contributed by atoms with Crippen LogP contribution in [0.2, 0.25) is 0 Å². The molecule has 1 aliphatic heterocycles. The molecular formula is C35H40BrNO6. The summed E-state index contributed by atoms with van der Waals surface area (Å²) in [6.07, 6.45) is 1.85. The number of rotatable bonds is 8. The molecule has 2 aliphatic carbocycles. The molecule has 0 bridgehead atoms. The van der Waals surface area contributed by atoms with Gasteiger partial charge in [-0.2, -0.15) is 0 Å². The number of aryl methyl sites for hydroxylation is 1. The van der Waals surface area contributed by atoms with E-state index in [1.807, 2.05) is 48.2 Å². The van der Waals surface area contributed by atoms with Crippen LogP contribution in [-0.4, -0.2) is 41.2 Å². The van der Waals surface area contributed by atoms with Gasteiger partial charge in [0.25, 0.3) is 0 Å². The molecule has 0 radical (unpaired) electrons. The van der Waals surface area contributed by atoms with Gasteiger partial charge in [0, 0.05) is 47.8 Å². The Morgan fingerprint density at radius 3 is 2.02 bits per heavy atom. The molecule has 7 nitrogen and oxygen atoms in total. The van der Waals surface area contributed by atoms with Gasteiger partial charge < -0.3 is 19.5 Å². The maximum absolute atomic E-state index is 14.0. The highest BCUT2D eigenvalue weighted by Crippen LogP contribution is 2.55. The van der Waals surface area contributed by atoms with Crippen LogP contribution in [0.4, 0.5) is 0 Å². The maximum atomic E-state index is 14.0. The maximum Gasteiger partial charge on any atom is 0.305 e. The van der Waals surface area contributed by atoms with Crippen molar-refractivity contribution in [1.82, 2.24) is 4.90 Å². The number of aliphatic carboxylic acids is 1. The molecule has 0 fully saturated rings. The number of carboxylic acids is 1. The van der Waals surface area contributed by atoms with Gasteiger partial charge in [-0.3, -0.25) is 14.4 Å². The molecule has 2 aromatic rings. The number of carbonyl (C=O) groups excluding carboxylic acids is 2. The highest BCUT2D eigenvalue weighted by molar-refractivity contribution is 9.10. The number of ether oxygens (including phenoxy) is 2. The average Bonchev–Trinajstić information content (AvgIpc) is 2.90. The summed E-state index contributed by atoms with van der Waals surface area (Å²) < 4.78 is 12.7. The van der Waals surface area contributed by atoms with E-state index in [-0.39, 0.29) is 35.4 Å². The minimum atomic E-state index is -0.913. The molecule has 1 N–H and O–H groups in total. The Morgan fingerprint density at radius 2 is 1.51 bits per heavy atom. The number of nitrogens with zero attached hydrogens (tertiary/aromatic N) is 1. The van der Waals surface area contributed by atoms with E-state index in [0.29, 0.717) is 59.4 Å². The van der Waals surface area contributed by atoms with Crippen molar-refractivity contribution in [2.45, 2.75) is 79.2 Å². The van der Waals surface area contributed by atoms with Crippen LogP contribution in [0.5, 0.6) is 11.5 Å². The molecule has 0 aromatic heterocycles. The van der Waals surface area contributed by atoms with E-state index in [2.05, 4.69) is 43.6 Å². The minimum absolute atomic E-state index is 0.00412.